The van der Waals surface area contributed by atoms with Crippen LogP contribution in [0.2, 0.25) is 0 Å². The summed E-state index contributed by atoms with van der Waals surface area (Å²) in [4.78, 5) is 1.99. The van der Waals surface area contributed by atoms with Crippen LogP contribution in [0.1, 0.15) is 24.9 Å². The number of rotatable bonds is 4. The summed E-state index contributed by atoms with van der Waals surface area (Å²) < 4.78 is 37.1. The molecule has 1 aromatic carbocycles. The van der Waals surface area contributed by atoms with Crippen molar-refractivity contribution in [1.29, 1.82) is 0 Å². The van der Waals surface area contributed by atoms with Crippen LogP contribution in [0.4, 0.5) is 4.39 Å². The molecule has 1 aromatic rings. The van der Waals surface area contributed by atoms with Crippen LogP contribution in [-0.2, 0) is 9.84 Å². The first kappa shape index (κ1) is 15.4. The van der Waals surface area contributed by atoms with Crippen LogP contribution >= 0.6 is 0 Å². The van der Waals surface area contributed by atoms with Crippen molar-refractivity contribution in [2.24, 2.45) is 5.73 Å². The first-order valence-electron chi connectivity index (χ1n) is 6.89. The van der Waals surface area contributed by atoms with E-state index in [1.807, 2.05) is 11.8 Å². The van der Waals surface area contributed by atoms with E-state index in [1.54, 1.807) is 18.2 Å². The molecule has 112 valence electrons. The molecule has 1 aliphatic rings. The molecule has 0 aromatic heterocycles. The van der Waals surface area contributed by atoms with Crippen molar-refractivity contribution in [2.45, 2.75) is 25.4 Å². The first-order chi connectivity index (χ1) is 9.44. The zero-order valence-corrected chi connectivity index (χ0v) is 12.4. The summed E-state index contributed by atoms with van der Waals surface area (Å²) in [6, 6.07) is 6.11. The van der Waals surface area contributed by atoms with E-state index in [1.165, 1.54) is 6.07 Å². The minimum absolute atomic E-state index is 0.119. The predicted molar refractivity (Wildman–Crippen MR) is 77.6 cm³/mol. The number of sulfone groups is 1. The van der Waals surface area contributed by atoms with E-state index in [-0.39, 0.29) is 29.4 Å². The van der Waals surface area contributed by atoms with Crippen molar-refractivity contribution >= 4 is 9.84 Å². The molecule has 2 unspecified atom stereocenters. The van der Waals surface area contributed by atoms with Gasteiger partial charge in [-0.1, -0.05) is 25.1 Å². The van der Waals surface area contributed by atoms with Gasteiger partial charge in [0.2, 0.25) is 0 Å². The van der Waals surface area contributed by atoms with Gasteiger partial charge in [-0.3, -0.25) is 4.90 Å². The average molecular weight is 300 g/mol. The van der Waals surface area contributed by atoms with Gasteiger partial charge in [0.15, 0.2) is 9.84 Å². The second kappa shape index (κ2) is 6.20. The summed E-state index contributed by atoms with van der Waals surface area (Å²) in [5.74, 6) is -0.0437. The summed E-state index contributed by atoms with van der Waals surface area (Å²) >= 11 is 0. The number of nitrogens with zero attached hydrogens (tertiary/aromatic N) is 1. The van der Waals surface area contributed by atoms with Gasteiger partial charge in [-0.05, 0) is 12.5 Å². The van der Waals surface area contributed by atoms with Gasteiger partial charge in [0.25, 0.3) is 0 Å². The van der Waals surface area contributed by atoms with Crippen molar-refractivity contribution in [2.75, 3.05) is 24.6 Å². The van der Waals surface area contributed by atoms with Crippen LogP contribution < -0.4 is 5.73 Å². The lowest BCUT2D eigenvalue weighted by molar-refractivity contribution is 0.179. The molecule has 0 spiro atoms. The molecule has 0 aliphatic carbocycles. The summed E-state index contributed by atoms with van der Waals surface area (Å²) in [5.41, 5.74) is 6.72. The third-order valence-corrected chi connectivity index (χ3v) is 5.48. The molecule has 0 saturated carbocycles. The monoisotopic (exact) mass is 300 g/mol. The Morgan fingerprint density at radius 1 is 1.30 bits per heavy atom. The highest BCUT2D eigenvalue weighted by atomic mass is 32.2. The van der Waals surface area contributed by atoms with Crippen LogP contribution in [0, 0.1) is 5.82 Å². The number of halogens is 1. The molecule has 2 rings (SSSR count). The predicted octanol–water partition coefficient (Wildman–Crippen LogP) is 1.33. The van der Waals surface area contributed by atoms with Gasteiger partial charge in [-0.2, -0.15) is 0 Å². The van der Waals surface area contributed by atoms with Crippen LogP contribution in [0.15, 0.2) is 24.3 Å². The van der Waals surface area contributed by atoms with Crippen molar-refractivity contribution in [3.63, 3.8) is 0 Å². The first-order valence-corrected chi connectivity index (χ1v) is 8.71. The quantitative estimate of drug-likeness (QED) is 0.911. The highest BCUT2D eigenvalue weighted by Gasteiger charge is 2.32. The van der Waals surface area contributed by atoms with Gasteiger partial charge in [0, 0.05) is 24.7 Å². The molecule has 20 heavy (non-hydrogen) atoms. The van der Waals surface area contributed by atoms with E-state index < -0.39 is 9.84 Å². The van der Waals surface area contributed by atoms with E-state index in [9.17, 15) is 12.8 Å². The molecule has 1 saturated heterocycles. The molecule has 0 radical (unpaired) electrons. The Hall–Kier alpha value is -0.980. The third-order valence-electron chi connectivity index (χ3n) is 3.87. The van der Waals surface area contributed by atoms with Crippen molar-refractivity contribution in [3.8, 4) is 0 Å². The lowest BCUT2D eigenvalue weighted by Crippen LogP contribution is -2.48. The number of benzene rings is 1. The van der Waals surface area contributed by atoms with E-state index in [0.717, 1.165) is 0 Å². The van der Waals surface area contributed by atoms with Gasteiger partial charge < -0.3 is 5.73 Å². The third kappa shape index (κ3) is 3.37. The van der Waals surface area contributed by atoms with E-state index in [4.69, 9.17) is 5.73 Å². The van der Waals surface area contributed by atoms with Crippen LogP contribution in [-0.4, -0.2) is 44.0 Å². The van der Waals surface area contributed by atoms with Crippen molar-refractivity contribution < 1.29 is 12.8 Å². The maximum Gasteiger partial charge on any atom is 0.152 e. The van der Waals surface area contributed by atoms with Crippen molar-refractivity contribution in [1.82, 2.24) is 4.90 Å². The molecule has 2 atom stereocenters. The molecule has 4 nitrogen and oxygen atoms in total. The fourth-order valence-electron chi connectivity index (χ4n) is 2.64. The Morgan fingerprint density at radius 3 is 2.45 bits per heavy atom. The normalized spacial score (nSPS) is 22.4. The summed E-state index contributed by atoms with van der Waals surface area (Å²) in [6.45, 7) is 2.78. The van der Waals surface area contributed by atoms with Gasteiger partial charge in [-0.25, -0.2) is 12.8 Å². The Labute approximate surface area is 119 Å². The van der Waals surface area contributed by atoms with E-state index in [2.05, 4.69) is 0 Å². The summed E-state index contributed by atoms with van der Waals surface area (Å²) in [5, 5.41) is 0. The number of hydrogen-bond donors (Lipinski definition) is 1. The molecule has 1 heterocycles. The Kier molecular flexibility index (Phi) is 4.78. The average Bonchev–Trinajstić information content (AvgIpc) is 2.42. The highest BCUT2D eigenvalue weighted by molar-refractivity contribution is 7.91. The van der Waals surface area contributed by atoms with Gasteiger partial charge in [-0.15, -0.1) is 0 Å². The lowest BCUT2D eigenvalue weighted by atomic mass is 9.95. The molecular formula is C14H21FN2O2S. The standard InChI is InChI=1S/C14H21FN2O2S/c1-2-13(16)14(11-5-3-4-6-12(11)15)17-7-9-20(18,19)10-8-17/h3-6,13-14H,2,7-10,16H2,1H3. The largest absolute Gasteiger partial charge is 0.326 e. The molecule has 6 heteroatoms. The molecule has 1 aliphatic heterocycles. The second-order valence-corrected chi connectivity index (χ2v) is 7.53. The Balaban J connectivity index is 2.28. The summed E-state index contributed by atoms with van der Waals surface area (Å²) in [6.07, 6.45) is 0.711. The number of nitrogens with two attached hydrogens (primary N) is 1. The zero-order valence-electron chi connectivity index (χ0n) is 11.6. The Bertz CT molecular complexity index is 548. The second-order valence-electron chi connectivity index (χ2n) is 5.23. The Morgan fingerprint density at radius 2 is 1.90 bits per heavy atom. The van der Waals surface area contributed by atoms with Gasteiger partial charge in [0.1, 0.15) is 5.82 Å². The molecule has 2 N–H and O–H groups in total. The van der Waals surface area contributed by atoms with Crippen LogP contribution in [0.5, 0.6) is 0 Å². The van der Waals surface area contributed by atoms with Crippen molar-refractivity contribution in [3.05, 3.63) is 35.6 Å². The minimum atomic E-state index is -2.95. The zero-order chi connectivity index (χ0) is 14.8. The topological polar surface area (TPSA) is 63.4 Å². The molecule has 0 bridgehead atoms. The number of hydrogen-bond acceptors (Lipinski definition) is 4. The van der Waals surface area contributed by atoms with Gasteiger partial charge >= 0.3 is 0 Å². The summed E-state index contributed by atoms with van der Waals surface area (Å²) in [7, 11) is -2.95. The van der Waals surface area contributed by atoms with Crippen LogP contribution in [0.25, 0.3) is 0 Å². The van der Waals surface area contributed by atoms with E-state index in [0.29, 0.717) is 25.1 Å². The van der Waals surface area contributed by atoms with E-state index >= 15 is 0 Å². The molecule has 0 amide bonds. The fraction of sp³-hybridized carbons (Fsp3) is 0.571. The van der Waals surface area contributed by atoms with Gasteiger partial charge in [0.05, 0.1) is 17.5 Å². The maximum atomic E-state index is 14.0. The SMILES string of the molecule is CCC(N)C(c1ccccc1F)N1CCS(=O)(=O)CC1. The minimum Gasteiger partial charge on any atom is -0.326 e. The fourth-order valence-corrected chi connectivity index (χ4v) is 3.87. The molecular weight excluding hydrogens is 279 g/mol. The highest BCUT2D eigenvalue weighted by Crippen LogP contribution is 2.28. The lowest BCUT2D eigenvalue weighted by Gasteiger charge is -2.37. The smallest absolute Gasteiger partial charge is 0.152 e. The van der Waals surface area contributed by atoms with Crippen LogP contribution in [0.3, 0.4) is 0 Å². The maximum absolute atomic E-state index is 14.0. The molecule has 1 fully saturated rings.